The minimum atomic E-state index is 0.382. The quantitative estimate of drug-likeness (QED) is 0.768. The summed E-state index contributed by atoms with van der Waals surface area (Å²) in [6, 6.07) is 9.58. The van der Waals surface area contributed by atoms with Gasteiger partial charge in [-0.25, -0.2) is 4.98 Å². The highest BCUT2D eigenvalue weighted by Gasteiger charge is 2.05. The van der Waals surface area contributed by atoms with Gasteiger partial charge in [-0.15, -0.1) is 0 Å². The predicted molar refractivity (Wildman–Crippen MR) is 74.5 cm³/mol. The number of benzene rings is 1. The number of ether oxygens (including phenoxy) is 1. The maximum atomic E-state index is 5.99. The van der Waals surface area contributed by atoms with Crippen molar-refractivity contribution in [1.29, 1.82) is 0 Å². The van der Waals surface area contributed by atoms with Crippen LogP contribution in [0.3, 0.4) is 0 Å². The van der Waals surface area contributed by atoms with Gasteiger partial charge in [0.1, 0.15) is 22.7 Å². The molecule has 2 nitrogen and oxygen atoms in total. The number of hydrogen-bond acceptors (Lipinski definition) is 2. The van der Waals surface area contributed by atoms with Gasteiger partial charge in [-0.2, -0.15) is 0 Å². The van der Waals surface area contributed by atoms with Gasteiger partial charge >= 0.3 is 0 Å². The van der Waals surface area contributed by atoms with E-state index in [9.17, 15) is 0 Å². The van der Waals surface area contributed by atoms with Crippen molar-refractivity contribution in [3.8, 4) is 5.75 Å². The largest absolute Gasteiger partial charge is 0.489 e. The van der Waals surface area contributed by atoms with Gasteiger partial charge in [0.05, 0.1) is 0 Å². The van der Waals surface area contributed by atoms with E-state index in [1.807, 2.05) is 25.1 Å². The molecule has 0 aliphatic heterocycles. The van der Waals surface area contributed by atoms with Crippen LogP contribution in [-0.2, 0) is 6.61 Å². The Labute approximate surface area is 117 Å². The first kappa shape index (κ1) is 13.2. The van der Waals surface area contributed by atoms with Crippen molar-refractivity contribution in [2.24, 2.45) is 0 Å². The zero-order valence-corrected chi connectivity index (χ0v) is 11.7. The molecule has 0 saturated heterocycles. The monoisotopic (exact) mass is 281 g/mol. The number of pyridine rings is 1. The summed E-state index contributed by atoms with van der Waals surface area (Å²) >= 11 is 11.7. The van der Waals surface area contributed by atoms with Gasteiger partial charge in [-0.05, 0) is 37.6 Å². The van der Waals surface area contributed by atoms with Crippen LogP contribution in [0.4, 0.5) is 0 Å². The van der Waals surface area contributed by atoms with E-state index in [0.29, 0.717) is 16.9 Å². The zero-order chi connectivity index (χ0) is 13.1. The van der Waals surface area contributed by atoms with Crippen molar-refractivity contribution in [3.05, 3.63) is 57.3 Å². The molecule has 0 radical (unpaired) electrons. The minimum Gasteiger partial charge on any atom is -0.489 e. The molecule has 1 aromatic carbocycles. The average molecular weight is 282 g/mol. The molecule has 2 aromatic rings. The van der Waals surface area contributed by atoms with Gasteiger partial charge in [-0.3, -0.25) is 0 Å². The highest BCUT2D eigenvalue weighted by molar-refractivity contribution is 6.32. The molecule has 2 rings (SSSR count). The second kappa shape index (κ2) is 5.59. The summed E-state index contributed by atoms with van der Waals surface area (Å²) in [5, 5.41) is 0.766. The zero-order valence-electron chi connectivity index (χ0n) is 10.2. The molecular weight excluding hydrogens is 269 g/mol. The van der Waals surface area contributed by atoms with Crippen LogP contribution < -0.4 is 4.74 Å². The molecule has 0 spiro atoms. The minimum absolute atomic E-state index is 0.382. The smallest absolute Gasteiger partial charge is 0.137 e. The van der Waals surface area contributed by atoms with Crippen molar-refractivity contribution in [2.45, 2.75) is 20.5 Å². The molecule has 1 heterocycles. The molecular formula is C14H13Cl2NO. The summed E-state index contributed by atoms with van der Waals surface area (Å²) in [5.74, 6) is 0.853. The van der Waals surface area contributed by atoms with E-state index in [1.165, 1.54) is 5.56 Å². The standard InChI is InChI=1S/C14H13Cl2NO/c1-9-3-5-12(10(2)7-9)18-8-11-4-6-13(15)17-14(11)16/h3-7H,8H2,1-2H3. The Morgan fingerprint density at radius 2 is 1.89 bits per heavy atom. The topological polar surface area (TPSA) is 22.1 Å². The number of rotatable bonds is 3. The summed E-state index contributed by atoms with van der Waals surface area (Å²) in [4.78, 5) is 3.97. The van der Waals surface area contributed by atoms with E-state index < -0.39 is 0 Å². The summed E-state index contributed by atoms with van der Waals surface area (Å²) in [6.07, 6.45) is 0. The van der Waals surface area contributed by atoms with Crippen LogP contribution in [0.5, 0.6) is 5.75 Å². The Bertz CT molecular complexity index is 518. The van der Waals surface area contributed by atoms with E-state index in [1.54, 1.807) is 6.07 Å². The number of nitrogens with zero attached hydrogens (tertiary/aromatic N) is 1. The molecule has 0 fully saturated rings. The van der Waals surface area contributed by atoms with Gasteiger partial charge in [-0.1, -0.05) is 40.9 Å². The van der Waals surface area contributed by atoms with Crippen LogP contribution in [0, 0.1) is 13.8 Å². The molecule has 18 heavy (non-hydrogen) atoms. The van der Waals surface area contributed by atoms with Crippen molar-refractivity contribution >= 4 is 23.2 Å². The third-order valence-electron chi connectivity index (χ3n) is 2.61. The maximum Gasteiger partial charge on any atom is 0.137 e. The number of hydrogen-bond donors (Lipinski definition) is 0. The molecule has 0 unspecified atom stereocenters. The van der Waals surface area contributed by atoms with E-state index in [2.05, 4.69) is 18.0 Å². The van der Waals surface area contributed by atoms with E-state index in [4.69, 9.17) is 27.9 Å². The molecule has 1 aromatic heterocycles. The molecule has 0 atom stereocenters. The molecule has 0 bridgehead atoms. The molecule has 0 N–H and O–H groups in total. The molecule has 0 amide bonds. The van der Waals surface area contributed by atoms with Gasteiger partial charge in [0.15, 0.2) is 0 Å². The van der Waals surface area contributed by atoms with Crippen molar-refractivity contribution in [3.63, 3.8) is 0 Å². The Kier molecular flexibility index (Phi) is 4.10. The third kappa shape index (κ3) is 3.15. The summed E-state index contributed by atoms with van der Waals surface area (Å²) in [5.41, 5.74) is 3.14. The molecule has 4 heteroatoms. The third-order valence-corrected chi connectivity index (χ3v) is 3.14. The fourth-order valence-corrected chi connectivity index (χ4v) is 2.06. The van der Waals surface area contributed by atoms with Crippen molar-refractivity contribution in [2.75, 3.05) is 0 Å². The lowest BCUT2D eigenvalue weighted by Crippen LogP contribution is -1.99. The second-order valence-electron chi connectivity index (χ2n) is 4.14. The van der Waals surface area contributed by atoms with Crippen LogP contribution in [-0.4, -0.2) is 4.98 Å². The molecule has 0 aliphatic carbocycles. The maximum absolute atomic E-state index is 5.99. The Hall–Kier alpha value is -1.25. The van der Waals surface area contributed by atoms with Gasteiger partial charge in [0.2, 0.25) is 0 Å². The van der Waals surface area contributed by atoms with Crippen LogP contribution in [0.25, 0.3) is 0 Å². The van der Waals surface area contributed by atoms with Gasteiger partial charge in [0, 0.05) is 5.56 Å². The van der Waals surface area contributed by atoms with Crippen LogP contribution >= 0.6 is 23.2 Å². The van der Waals surface area contributed by atoms with E-state index in [-0.39, 0.29) is 0 Å². The number of halogens is 2. The lowest BCUT2D eigenvalue weighted by atomic mass is 10.1. The fourth-order valence-electron chi connectivity index (χ4n) is 1.67. The van der Waals surface area contributed by atoms with Crippen LogP contribution in [0.1, 0.15) is 16.7 Å². The van der Waals surface area contributed by atoms with Crippen molar-refractivity contribution < 1.29 is 4.74 Å². The first-order chi connectivity index (χ1) is 8.56. The lowest BCUT2D eigenvalue weighted by molar-refractivity contribution is 0.303. The predicted octanol–water partition coefficient (Wildman–Crippen LogP) is 4.58. The lowest BCUT2D eigenvalue weighted by Gasteiger charge is -2.10. The number of aromatic nitrogens is 1. The SMILES string of the molecule is Cc1ccc(OCc2ccc(Cl)nc2Cl)c(C)c1. The second-order valence-corrected chi connectivity index (χ2v) is 4.89. The highest BCUT2D eigenvalue weighted by Crippen LogP contribution is 2.22. The van der Waals surface area contributed by atoms with Crippen LogP contribution in [0.15, 0.2) is 30.3 Å². The summed E-state index contributed by atoms with van der Waals surface area (Å²) in [7, 11) is 0. The Balaban J connectivity index is 2.11. The number of aryl methyl sites for hydroxylation is 2. The van der Waals surface area contributed by atoms with E-state index in [0.717, 1.165) is 16.9 Å². The van der Waals surface area contributed by atoms with Crippen LogP contribution in [0.2, 0.25) is 10.3 Å². The van der Waals surface area contributed by atoms with Gasteiger partial charge < -0.3 is 4.74 Å². The normalized spacial score (nSPS) is 10.4. The molecule has 0 aliphatic rings. The highest BCUT2D eigenvalue weighted by atomic mass is 35.5. The summed E-state index contributed by atoms with van der Waals surface area (Å²) < 4.78 is 5.73. The first-order valence-corrected chi connectivity index (χ1v) is 6.33. The Morgan fingerprint density at radius 3 is 2.56 bits per heavy atom. The van der Waals surface area contributed by atoms with E-state index >= 15 is 0 Å². The Morgan fingerprint density at radius 1 is 1.11 bits per heavy atom. The molecule has 94 valence electrons. The summed E-state index contributed by atoms with van der Waals surface area (Å²) in [6.45, 7) is 4.45. The van der Waals surface area contributed by atoms with Gasteiger partial charge in [0.25, 0.3) is 0 Å². The fraction of sp³-hybridized carbons (Fsp3) is 0.214. The first-order valence-electron chi connectivity index (χ1n) is 5.57. The average Bonchev–Trinajstić information content (AvgIpc) is 2.30. The molecule has 0 saturated carbocycles. The van der Waals surface area contributed by atoms with Crippen molar-refractivity contribution in [1.82, 2.24) is 4.98 Å².